The minimum atomic E-state index is -0.196. The van der Waals surface area contributed by atoms with E-state index in [4.69, 9.17) is 16.0 Å². The van der Waals surface area contributed by atoms with Crippen LogP contribution < -0.4 is 4.90 Å². The molecule has 0 unspecified atom stereocenters. The standard InChI is InChI=1S/C20H18ClN3O2S/c1-23(2)9-10-24(20-22-15-8-7-14(21)12-18(15)27-20)19(25)17-11-13-5-3-4-6-16(13)26-17/h3-8,11-12H,9-10H2,1-2H3. The number of hydrogen-bond acceptors (Lipinski definition) is 5. The van der Waals surface area contributed by atoms with Crippen molar-refractivity contribution in [2.24, 2.45) is 0 Å². The van der Waals surface area contributed by atoms with E-state index in [0.717, 1.165) is 15.6 Å². The zero-order valence-electron chi connectivity index (χ0n) is 15.0. The molecule has 1 amide bonds. The quantitative estimate of drug-likeness (QED) is 0.478. The molecule has 0 fully saturated rings. The molecule has 0 radical (unpaired) electrons. The summed E-state index contributed by atoms with van der Waals surface area (Å²) in [6, 6.07) is 14.9. The minimum Gasteiger partial charge on any atom is -0.451 e. The second kappa shape index (κ2) is 7.31. The van der Waals surface area contributed by atoms with Gasteiger partial charge in [0.05, 0.1) is 10.2 Å². The van der Waals surface area contributed by atoms with Gasteiger partial charge in [-0.05, 0) is 44.4 Å². The average molecular weight is 400 g/mol. The van der Waals surface area contributed by atoms with Crippen LogP contribution in [0.2, 0.25) is 5.02 Å². The van der Waals surface area contributed by atoms with Crippen molar-refractivity contribution in [3.05, 3.63) is 59.3 Å². The van der Waals surface area contributed by atoms with Gasteiger partial charge < -0.3 is 9.32 Å². The molecular weight excluding hydrogens is 382 g/mol. The third kappa shape index (κ3) is 3.69. The van der Waals surface area contributed by atoms with Crippen molar-refractivity contribution in [2.45, 2.75) is 0 Å². The van der Waals surface area contributed by atoms with E-state index in [0.29, 0.717) is 34.6 Å². The molecule has 2 heterocycles. The Balaban J connectivity index is 1.73. The largest absolute Gasteiger partial charge is 0.451 e. The predicted octanol–water partition coefficient (Wildman–Crippen LogP) is 4.90. The van der Waals surface area contributed by atoms with Gasteiger partial charge in [0.1, 0.15) is 5.58 Å². The molecular formula is C20H18ClN3O2S. The number of hydrogen-bond donors (Lipinski definition) is 0. The van der Waals surface area contributed by atoms with E-state index in [1.165, 1.54) is 11.3 Å². The molecule has 2 aromatic carbocycles. The number of nitrogens with zero attached hydrogens (tertiary/aromatic N) is 3. The molecule has 0 atom stereocenters. The van der Waals surface area contributed by atoms with Crippen LogP contribution in [0.25, 0.3) is 21.2 Å². The van der Waals surface area contributed by atoms with Crippen LogP contribution in [0.15, 0.2) is 52.9 Å². The molecule has 0 aliphatic carbocycles. The summed E-state index contributed by atoms with van der Waals surface area (Å²) in [4.78, 5) is 21.6. The normalized spacial score (nSPS) is 11.6. The van der Waals surface area contributed by atoms with E-state index in [9.17, 15) is 4.79 Å². The first kappa shape index (κ1) is 18.0. The Kier molecular flexibility index (Phi) is 4.86. The summed E-state index contributed by atoms with van der Waals surface area (Å²) in [5.74, 6) is 0.116. The summed E-state index contributed by atoms with van der Waals surface area (Å²) in [6.07, 6.45) is 0. The van der Waals surface area contributed by atoms with E-state index in [-0.39, 0.29) is 5.91 Å². The van der Waals surface area contributed by atoms with Gasteiger partial charge in [-0.3, -0.25) is 9.69 Å². The zero-order valence-corrected chi connectivity index (χ0v) is 16.5. The number of aromatic nitrogens is 1. The number of furan rings is 1. The maximum Gasteiger partial charge on any atom is 0.295 e. The highest BCUT2D eigenvalue weighted by molar-refractivity contribution is 7.22. The van der Waals surface area contributed by atoms with Crippen LogP contribution >= 0.6 is 22.9 Å². The third-order valence-electron chi connectivity index (χ3n) is 4.22. The number of carbonyl (C=O) groups is 1. The van der Waals surface area contributed by atoms with Crippen molar-refractivity contribution in [1.82, 2.24) is 9.88 Å². The van der Waals surface area contributed by atoms with Crippen LogP contribution in [-0.4, -0.2) is 43.0 Å². The monoisotopic (exact) mass is 399 g/mol. The number of carbonyl (C=O) groups excluding carboxylic acids is 1. The van der Waals surface area contributed by atoms with Crippen LogP contribution in [-0.2, 0) is 0 Å². The number of benzene rings is 2. The molecule has 138 valence electrons. The first-order chi connectivity index (χ1) is 13.0. The summed E-state index contributed by atoms with van der Waals surface area (Å²) >= 11 is 7.54. The van der Waals surface area contributed by atoms with Gasteiger partial charge in [0, 0.05) is 23.5 Å². The number of fused-ring (bicyclic) bond motifs is 2. The van der Waals surface area contributed by atoms with Crippen LogP contribution in [0, 0.1) is 0 Å². The van der Waals surface area contributed by atoms with Gasteiger partial charge in [0.15, 0.2) is 10.9 Å². The SMILES string of the molecule is CN(C)CCN(C(=O)c1cc2ccccc2o1)c1nc2ccc(Cl)cc2s1. The van der Waals surface area contributed by atoms with Gasteiger partial charge >= 0.3 is 0 Å². The first-order valence-corrected chi connectivity index (χ1v) is 9.72. The fourth-order valence-electron chi connectivity index (χ4n) is 2.81. The van der Waals surface area contributed by atoms with Crippen LogP contribution in [0.1, 0.15) is 10.6 Å². The van der Waals surface area contributed by atoms with Crippen molar-refractivity contribution >= 4 is 55.2 Å². The number of halogens is 1. The van der Waals surface area contributed by atoms with E-state index < -0.39 is 0 Å². The molecule has 0 aliphatic rings. The Morgan fingerprint density at radius 2 is 1.96 bits per heavy atom. The smallest absolute Gasteiger partial charge is 0.295 e. The summed E-state index contributed by atoms with van der Waals surface area (Å²) in [5.41, 5.74) is 1.52. The topological polar surface area (TPSA) is 49.6 Å². The third-order valence-corrected chi connectivity index (χ3v) is 5.50. The molecule has 2 aromatic heterocycles. The Hall–Kier alpha value is -2.41. The molecule has 4 aromatic rings. The number of anilines is 1. The highest BCUT2D eigenvalue weighted by Gasteiger charge is 2.24. The maximum absolute atomic E-state index is 13.2. The number of thiazole rings is 1. The predicted molar refractivity (Wildman–Crippen MR) is 111 cm³/mol. The van der Waals surface area contributed by atoms with Crippen molar-refractivity contribution in [1.29, 1.82) is 0 Å². The number of para-hydroxylation sites is 1. The lowest BCUT2D eigenvalue weighted by Crippen LogP contribution is -2.36. The lowest BCUT2D eigenvalue weighted by molar-refractivity contribution is 0.0960. The lowest BCUT2D eigenvalue weighted by Gasteiger charge is -2.20. The van der Waals surface area contributed by atoms with Crippen LogP contribution in [0.3, 0.4) is 0 Å². The van der Waals surface area contributed by atoms with E-state index in [1.807, 2.05) is 55.4 Å². The fourth-order valence-corrected chi connectivity index (χ4v) is 4.07. The number of rotatable bonds is 5. The Labute approximate surface area is 165 Å². The molecule has 27 heavy (non-hydrogen) atoms. The Morgan fingerprint density at radius 1 is 1.15 bits per heavy atom. The van der Waals surface area contributed by atoms with Crippen molar-refractivity contribution in [3.63, 3.8) is 0 Å². The molecule has 4 rings (SSSR count). The summed E-state index contributed by atoms with van der Waals surface area (Å²) in [5, 5.41) is 2.20. The van der Waals surface area contributed by atoms with Gasteiger partial charge in [-0.1, -0.05) is 41.1 Å². The molecule has 0 bridgehead atoms. The van der Waals surface area contributed by atoms with Crippen LogP contribution in [0.5, 0.6) is 0 Å². The second-order valence-corrected chi connectivity index (χ2v) is 7.96. The molecule has 0 N–H and O–H groups in total. The van der Waals surface area contributed by atoms with Crippen LogP contribution in [0.4, 0.5) is 5.13 Å². The van der Waals surface area contributed by atoms with Crippen molar-refractivity contribution < 1.29 is 9.21 Å². The van der Waals surface area contributed by atoms with Gasteiger partial charge in [0.25, 0.3) is 5.91 Å². The molecule has 0 saturated carbocycles. The summed E-state index contributed by atoms with van der Waals surface area (Å²) < 4.78 is 6.73. The average Bonchev–Trinajstić information content (AvgIpc) is 3.24. The fraction of sp³-hybridized carbons (Fsp3) is 0.200. The molecule has 0 spiro atoms. The summed E-state index contributed by atoms with van der Waals surface area (Å²) in [7, 11) is 3.95. The van der Waals surface area contributed by atoms with Gasteiger partial charge in [-0.15, -0.1) is 0 Å². The van der Waals surface area contributed by atoms with Gasteiger partial charge in [0.2, 0.25) is 0 Å². The van der Waals surface area contributed by atoms with Gasteiger partial charge in [-0.2, -0.15) is 0 Å². The second-order valence-electron chi connectivity index (χ2n) is 6.52. The Bertz CT molecular complexity index is 1090. The van der Waals surface area contributed by atoms with E-state index >= 15 is 0 Å². The highest BCUT2D eigenvalue weighted by Crippen LogP contribution is 2.32. The lowest BCUT2D eigenvalue weighted by atomic mass is 10.2. The van der Waals surface area contributed by atoms with Crippen molar-refractivity contribution in [3.8, 4) is 0 Å². The molecule has 0 saturated heterocycles. The highest BCUT2D eigenvalue weighted by atomic mass is 35.5. The first-order valence-electron chi connectivity index (χ1n) is 8.52. The Morgan fingerprint density at radius 3 is 2.74 bits per heavy atom. The van der Waals surface area contributed by atoms with E-state index in [2.05, 4.69) is 4.98 Å². The zero-order chi connectivity index (χ0) is 19.0. The van der Waals surface area contributed by atoms with Gasteiger partial charge in [-0.25, -0.2) is 4.98 Å². The number of likely N-dealkylation sites (N-methyl/N-ethyl adjacent to an activating group) is 1. The molecule has 7 heteroatoms. The maximum atomic E-state index is 13.2. The molecule has 5 nitrogen and oxygen atoms in total. The number of amides is 1. The van der Waals surface area contributed by atoms with Crippen molar-refractivity contribution in [2.75, 3.05) is 32.1 Å². The van der Waals surface area contributed by atoms with E-state index in [1.54, 1.807) is 17.0 Å². The molecule has 0 aliphatic heterocycles. The summed E-state index contributed by atoms with van der Waals surface area (Å²) in [6.45, 7) is 1.22. The minimum absolute atomic E-state index is 0.196.